The Morgan fingerprint density at radius 3 is 2.48 bits per heavy atom. The van der Waals surface area contributed by atoms with Crippen LogP contribution in [0.25, 0.3) is 0 Å². The number of ether oxygens (including phenoxy) is 1. The zero-order valence-electron chi connectivity index (χ0n) is 14.1. The van der Waals surface area contributed by atoms with Gasteiger partial charge >= 0.3 is 5.97 Å². The average Bonchev–Trinajstić information content (AvgIpc) is 2.63. The summed E-state index contributed by atoms with van der Waals surface area (Å²) in [5, 5.41) is -0.0265. The van der Waals surface area contributed by atoms with Crippen LogP contribution in [-0.4, -0.2) is 42.9 Å². The van der Waals surface area contributed by atoms with Crippen molar-refractivity contribution < 1.29 is 17.9 Å². The molecule has 2 heterocycles. The van der Waals surface area contributed by atoms with Gasteiger partial charge < -0.3 is 4.74 Å². The maximum absolute atomic E-state index is 12.7. The first-order valence-electron chi connectivity index (χ1n) is 8.79. The monoisotopic (exact) mass is 386 g/mol. The second-order valence-corrected chi connectivity index (χ2v) is 8.93. The number of halogens is 1. The van der Waals surface area contributed by atoms with Crippen LogP contribution in [0.15, 0.2) is 23.2 Å². The van der Waals surface area contributed by atoms with Crippen molar-refractivity contribution >= 4 is 27.6 Å². The van der Waals surface area contributed by atoms with Gasteiger partial charge in [-0.15, -0.1) is 0 Å². The average molecular weight is 387 g/mol. The minimum absolute atomic E-state index is 0.0138. The van der Waals surface area contributed by atoms with Gasteiger partial charge in [0.2, 0.25) is 10.0 Å². The standard InChI is InChI=1S/C17H23ClN2O4S/c18-16-15(7-4-10-19-16)25(22,23)20-11-8-13(9-12-20)17(21)24-14-5-2-1-3-6-14/h4,7,10,13-14H,1-3,5-6,8-9,11-12H2. The lowest BCUT2D eigenvalue weighted by Gasteiger charge is -2.31. The third-order valence-corrected chi connectivity index (χ3v) is 7.31. The Labute approximate surface area is 153 Å². The van der Waals surface area contributed by atoms with Crippen LogP contribution in [0, 0.1) is 5.92 Å². The highest BCUT2D eigenvalue weighted by Crippen LogP contribution is 2.28. The summed E-state index contributed by atoms with van der Waals surface area (Å²) >= 11 is 5.92. The van der Waals surface area contributed by atoms with E-state index in [-0.39, 0.29) is 41.1 Å². The number of rotatable bonds is 4. The van der Waals surface area contributed by atoms with E-state index in [1.165, 1.54) is 23.0 Å². The van der Waals surface area contributed by atoms with E-state index in [1.54, 1.807) is 6.07 Å². The first-order chi connectivity index (χ1) is 12.0. The molecule has 1 aliphatic carbocycles. The van der Waals surface area contributed by atoms with Crippen molar-refractivity contribution in [2.45, 2.75) is 55.9 Å². The number of esters is 1. The second kappa shape index (κ2) is 8.01. The number of carbonyl (C=O) groups is 1. The van der Waals surface area contributed by atoms with E-state index in [2.05, 4.69) is 4.98 Å². The maximum atomic E-state index is 12.7. The molecule has 0 amide bonds. The molecule has 25 heavy (non-hydrogen) atoms. The van der Waals surface area contributed by atoms with Gasteiger partial charge in [0.25, 0.3) is 0 Å². The summed E-state index contributed by atoms with van der Waals surface area (Å²) in [7, 11) is -3.68. The molecule has 8 heteroatoms. The highest BCUT2D eigenvalue weighted by molar-refractivity contribution is 7.89. The third-order valence-electron chi connectivity index (χ3n) is 4.96. The van der Waals surface area contributed by atoms with E-state index >= 15 is 0 Å². The first kappa shape index (κ1) is 18.6. The van der Waals surface area contributed by atoms with Gasteiger partial charge in [-0.05, 0) is 50.7 Å². The molecule has 2 aliphatic rings. The summed E-state index contributed by atoms with van der Waals surface area (Å²) in [6.45, 7) is 0.579. The third kappa shape index (κ3) is 4.33. The number of hydrogen-bond acceptors (Lipinski definition) is 5. The van der Waals surface area contributed by atoms with Gasteiger partial charge in [0.15, 0.2) is 0 Å². The maximum Gasteiger partial charge on any atom is 0.309 e. The summed E-state index contributed by atoms with van der Waals surface area (Å²) in [5.41, 5.74) is 0. The van der Waals surface area contributed by atoms with Gasteiger partial charge in [0, 0.05) is 19.3 Å². The van der Waals surface area contributed by atoms with Crippen molar-refractivity contribution in [3.05, 3.63) is 23.5 Å². The van der Waals surface area contributed by atoms with E-state index in [0.29, 0.717) is 12.8 Å². The SMILES string of the molecule is O=C(OC1CCCCC1)C1CCN(S(=O)(=O)c2cccnc2Cl)CC1. The Morgan fingerprint density at radius 2 is 1.84 bits per heavy atom. The predicted octanol–water partition coefficient (Wildman–Crippen LogP) is 3.01. The van der Waals surface area contributed by atoms with Crippen molar-refractivity contribution in [1.29, 1.82) is 0 Å². The number of carbonyl (C=O) groups excluding carboxylic acids is 1. The van der Waals surface area contributed by atoms with Crippen molar-refractivity contribution in [3.8, 4) is 0 Å². The van der Waals surface area contributed by atoms with Crippen LogP contribution in [0.1, 0.15) is 44.9 Å². The van der Waals surface area contributed by atoms with Crippen LogP contribution in [0.5, 0.6) is 0 Å². The summed E-state index contributed by atoms with van der Waals surface area (Å²) in [6, 6.07) is 3.00. The number of piperidine rings is 1. The van der Waals surface area contributed by atoms with Gasteiger partial charge in [-0.1, -0.05) is 18.0 Å². The number of nitrogens with zero attached hydrogens (tertiary/aromatic N) is 2. The fourth-order valence-electron chi connectivity index (χ4n) is 3.48. The Balaban J connectivity index is 1.58. The number of aromatic nitrogens is 1. The van der Waals surface area contributed by atoms with Crippen LogP contribution < -0.4 is 0 Å². The molecule has 0 aromatic carbocycles. The summed E-state index contributed by atoms with van der Waals surface area (Å²) < 4.78 is 32.4. The molecule has 138 valence electrons. The van der Waals surface area contributed by atoms with Crippen LogP contribution in [0.4, 0.5) is 0 Å². The molecule has 0 atom stereocenters. The van der Waals surface area contributed by atoms with E-state index in [0.717, 1.165) is 25.7 Å². The van der Waals surface area contributed by atoms with Crippen LogP contribution in [-0.2, 0) is 19.6 Å². The van der Waals surface area contributed by atoms with E-state index in [4.69, 9.17) is 16.3 Å². The van der Waals surface area contributed by atoms with Crippen LogP contribution in [0.2, 0.25) is 5.15 Å². The molecule has 1 aromatic heterocycles. The first-order valence-corrected chi connectivity index (χ1v) is 10.6. The van der Waals surface area contributed by atoms with Gasteiger partial charge in [-0.3, -0.25) is 4.79 Å². The molecule has 1 saturated carbocycles. The van der Waals surface area contributed by atoms with Crippen LogP contribution >= 0.6 is 11.6 Å². The molecule has 0 unspecified atom stereocenters. The van der Waals surface area contributed by atoms with E-state index in [1.807, 2.05) is 0 Å². The number of sulfonamides is 1. The molecule has 6 nitrogen and oxygen atoms in total. The molecule has 2 fully saturated rings. The Bertz CT molecular complexity index is 711. The molecule has 1 aromatic rings. The van der Waals surface area contributed by atoms with Crippen molar-refractivity contribution in [2.75, 3.05) is 13.1 Å². The lowest BCUT2D eigenvalue weighted by Crippen LogP contribution is -2.41. The van der Waals surface area contributed by atoms with E-state index < -0.39 is 10.0 Å². The molecule has 0 radical (unpaired) electrons. The normalized spacial score (nSPS) is 21.2. The van der Waals surface area contributed by atoms with Gasteiger partial charge in [-0.2, -0.15) is 4.31 Å². The molecule has 1 saturated heterocycles. The second-order valence-electron chi connectivity index (χ2n) is 6.67. The number of hydrogen-bond donors (Lipinski definition) is 0. The summed E-state index contributed by atoms with van der Waals surface area (Å²) in [5.74, 6) is -0.402. The summed E-state index contributed by atoms with van der Waals surface area (Å²) in [4.78, 5) is 16.2. The molecule has 0 N–H and O–H groups in total. The molecule has 1 aliphatic heterocycles. The Kier molecular flexibility index (Phi) is 5.96. The van der Waals surface area contributed by atoms with Crippen molar-refractivity contribution in [1.82, 2.24) is 9.29 Å². The predicted molar refractivity (Wildman–Crippen MR) is 93.7 cm³/mol. The highest BCUT2D eigenvalue weighted by atomic mass is 35.5. The quantitative estimate of drug-likeness (QED) is 0.587. The fraction of sp³-hybridized carbons (Fsp3) is 0.647. The van der Waals surface area contributed by atoms with Crippen molar-refractivity contribution in [2.24, 2.45) is 5.92 Å². The minimum Gasteiger partial charge on any atom is -0.462 e. The smallest absolute Gasteiger partial charge is 0.309 e. The highest BCUT2D eigenvalue weighted by Gasteiger charge is 2.34. The van der Waals surface area contributed by atoms with Gasteiger partial charge in [-0.25, -0.2) is 13.4 Å². The molecular weight excluding hydrogens is 364 g/mol. The lowest BCUT2D eigenvalue weighted by atomic mass is 9.96. The lowest BCUT2D eigenvalue weighted by molar-refractivity contribution is -0.156. The topological polar surface area (TPSA) is 76.6 Å². The molecule has 0 bridgehead atoms. The zero-order chi connectivity index (χ0) is 17.9. The molecule has 0 spiro atoms. The van der Waals surface area contributed by atoms with Gasteiger partial charge in [0.05, 0.1) is 5.92 Å². The van der Waals surface area contributed by atoms with Crippen molar-refractivity contribution in [3.63, 3.8) is 0 Å². The zero-order valence-corrected chi connectivity index (χ0v) is 15.6. The molecule has 3 rings (SSSR count). The number of pyridine rings is 1. The van der Waals surface area contributed by atoms with E-state index in [9.17, 15) is 13.2 Å². The van der Waals surface area contributed by atoms with Crippen LogP contribution in [0.3, 0.4) is 0 Å². The molecular formula is C17H23ClN2O4S. The van der Waals surface area contributed by atoms with Gasteiger partial charge in [0.1, 0.15) is 16.2 Å². The fourth-order valence-corrected chi connectivity index (χ4v) is 5.38. The minimum atomic E-state index is -3.68. The Morgan fingerprint density at radius 1 is 1.16 bits per heavy atom. The largest absolute Gasteiger partial charge is 0.462 e. The Hall–Kier alpha value is -1.18. The summed E-state index contributed by atoms with van der Waals surface area (Å²) in [6.07, 6.45) is 7.76.